The van der Waals surface area contributed by atoms with Crippen LogP contribution >= 0.6 is 0 Å². The standard InChI is InChI=1S/C11H22O2/c1-7-11(5,6)8(9(12)13)10(2,3)4/h8H,7H2,1-6H3,(H,12,13). The Kier molecular flexibility index (Phi) is 3.54. The summed E-state index contributed by atoms with van der Waals surface area (Å²) in [6.45, 7) is 12.1. The van der Waals surface area contributed by atoms with Crippen LogP contribution in [0.5, 0.6) is 0 Å². The fraction of sp³-hybridized carbons (Fsp3) is 0.909. The lowest BCUT2D eigenvalue weighted by Crippen LogP contribution is -2.40. The molecule has 0 saturated heterocycles. The van der Waals surface area contributed by atoms with E-state index in [2.05, 4.69) is 0 Å². The van der Waals surface area contributed by atoms with Crippen LogP contribution < -0.4 is 0 Å². The van der Waals surface area contributed by atoms with Gasteiger partial charge in [0, 0.05) is 0 Å². The molecule has 2 nitrogen and oxygen atoms in total. The minimum atomic E-state index is -0.681. The maximum Gasteiger partial charge on any atom is 0.307 e. The smallest absolute Gasteiger partial charge is 0.307 e. The Balaban J connectivity index is 4.94. The van der Waals surface area contributed by atoms with Crippen LogP contribution in [0, 0.1) is 16.7 Å². The van der Waals surface area contributed by atoms with E-state index in [-0.39, 0.29) is 16.7 Å². The van der Waals surface area contributed by atoms with Crippen molar-refractivity contribution in [3.8, 4) is 0 Å². The maximum absolute atomic E-state index is 11.2. The zero-order valence-corrected chi connectivity index (χ0v) is 9.64. The third kappa shape index (κ3) is 3.02. The van der Waals surface area contributed by atoms with Gasteiger partial charge in [-0.25, -0.2) is 0 Å². The highest BCUT2D eigenvalue weighted by atomic mass is 16.4. The summed E-state index contributed by atoms with van der Waals surface area (Å²) in [7, 11) is 0. The van der Waals surface area contributed by atoms with Crippen molar-refractivity contribution in [2.24, 2.45) is 16.7 Å². The number of aliphatic carboxylic acids is 1. The molecule has 13 heavy (non-hydrogen) atoms. The van der Waals surface area contributed by atoms with Gasteiger partial charge in [0.05, 0.1) is 5.92 Å². The Morgan fingerprint density at radius 3 is 1.69 bits per heavy atom. The Morgan fingerprint density at radius 2 is 1.62 bits per heavy atom. The first-order valence-electron chi connectivity index (χ1n) is 4.85. The molecular formula is C11H22O2. The van der Waals surface area contributed by atoms with Gasteiger partial charge in [0.2, 0.25) is 0 Å². The summed E-state index contributed by atoms with van der Waals surface area (Å²) < 4.78 is 0. The van der Waals surface area contributed by atoms with E-state index in [1.807, 2.05) is 41.5 Å². The van der Waals surface area contributed by atoms with Gasteiger partial charge < -0.3 is 5.11 Å². The van der Waals surface area contributed by atoms with E-state index in [1.54, 1.807) is 0 Å². The van der Waals surface area contributed by atoms with E-state index >= 15 is 0 Å². The molecule has 0 aromatic heterocycles. The van der Waals surface area contributed by atoms with E-state index in [1.165, 1.54) is 0 Å². The molecular weight excluding hydrogens is 164 g/mol. The highest BCUT2D eigenvalue weighted by Crippen LogP contribution is 2.42. The third-order valence-corrected chi connectivity index (χ3v) is 2.81. The van der Waals surface area contributed by atoms with Gasteiger partial charge in [-0.15, -0.1) is 0 Å². The highest BCUT2D eigenvalue weighted by molar-refractivity contribution is 5.71. The van der Waals surface area contributed by atoms with E-state index in [4.69, 9.17) is 0 Å². The van der Waals surface area contributed by atoms with Gasteiger partial charge >= 0.3 is 5.97 Å². The van der Waals surface area contributed by atoms with E-state index in [9.17, 15) is 9.90 Å². The molecule has 0 fully saturated rings. The fourth-order valence-electron chi connectivity index (χ4n) is 2.08. The van der Waals surface area contributed by atoms with Crippen molar-refractivity contribution >= 4 is 5.97 Å². The van der Waals surface area contributed by atoms with E-state index in [0.717, 1.165) is 6.42 Å². The molecule has 0 aliphatic heterocycles. The summed E-state index contributed by atoms with van der Waals surface area (Å²) in [5, 5.41) is 9.18. The molecule has 0 rings (SSSR count). The van der Waals surface area contributed by atoms with E-state index < -0.39 is 5.97 Å². The van der Waals surface area contributed by atoms with E-state index in [0.29, 0.717) is 0 Å². The van der Waals surface area contributed by atoms with Gasteiger partial charge in [0.25, 0.3) is 0 Å². The van der Waals surface area contributed by atoms with Crippen LogP contribution in [0.4, 0.5) is 0 Å². The van der Waals surface area contributed by atoms with Gasteiger partial charge in [-0.1, -0.05) is 48.0 Å². The molecule has 0 amide bonds. The second-order valence-electron chi connectivity index (χ2n) is 5.48. The Hall–Kier alpha value is -0.530. The van der Waals surface area contributed by atoms with Crippen molar-refractivity contribution in [2.45, 2.75) is 48.0 Å². The van der Waals surface area contributed by atoms with Gasteiger partial charge in [-0.05, 0) is 10.8 Å². The topological polar surface area (TPSA) is 37.3 Å². The molecule has 1 unspecified atom stereocenters. The van der Waals surface area contributed by atoms with Crippen LogP contribution in [0.15, 0.2) is 0 Å². The van der Waals surface area contributed by atoms with Crippen LogP contribution in [0.2, 0.25) is 0 Å². The number of rotatable bonds is 3. The SMILES string of the molecule is CCC(C)(C)C(C(=O)O)C(C)(C)C. The summed E-state index contributed by atoms with van der Waals surface area (Å²) in [4.78, 5) is 11.2. The quantitative estimate of drug-likeness (QED) is 0.735. The highest BCUT2D eigenvalue weighted by Gasteiger charge is 2.41. The first-order valence-corrected chi connectivity index (χ1v) is 4.85. The van der Waals surface area contributed by atoms with Crippen molar-refractivity contribution in [2.75, 3.05) is 0 Å². The van der Waals surface area contributed by atoms with Crippen molar-refractivity contribution < 1.29 is 9.90 Å². The molecule has 0 radical (unpaired) electrons. The van der Waals surface area contributed by atoms with Crippen LogP contribution in [0.3, 0.4) is 0 Å². The number of carboxylic acid groups (broad SMARTS) is 1. The largest absolute Gasteiger partial charge is 0.481 e. The van der Waals surface area contributed by atoms with Gasteiger partial charge in [0.15, 0.2) is 0 Å². The Labute approximate surface area is 81.3 Å². The first-order chi connectivity index (χ1) is 5.63. The normalized spacial score (nSPS) is 15.5. The predicted molar refractivity (Wildman–Crippen MR) is 54.7 cm³/mol. The predicted octanol–water partition coefficient (Wildman–Crippen LogP) is 3.17. The van der Waals surface area contributed by atoms with Crippen molar-refractivity contribution in [1.29, 1.82) is 0 Å². The number of carbonyl (C=O) groups is 1. The van der Waals surface area contributed by atoms with Crippen LogP contribution in [0.25, 0.3) is 0 Å². The molecule has 0 saturated carbocycles. The average Bonchev–Trinajstić information content (AvgIpc) is 1.82. The summed E-state index contributed by atoms with van der Waals surface area (Å²) in [6, 6.07) is 0. The lowest BCUT2D eigenvalue weighted by atomic mass is 9.64. The first kappa shape index (κ1) is 12.5. The van der Waals surface area contributed by atoms with Gasteiger partial charge in [0.1, 0.15) is 0 Å². The third-order valence-electron chi connectivity index (χ3n) is 2.81. The minimum Gasteiger partial charge on any atom is -0.481 e. The van der Waals surface area contributed by atoms with Crippen LogP contribution in [-0.4, -0.2) is 11.1 Å². The Morgan fingerprint density at radius 1 is 1.23 bits per heavy atom. The van der Waals surface area contributed by atoms with Crippen molar-refractivity contribution in [1.82, 2.24) is 0 Å². The average molecular weight is 186 g/mol. The summed E-state index contributed by atoms with van der Waals surface area (Å²) >= 11 is 0. The van der Waals surface area contributed by atoms with Crippen molar-refractivity contribution in [3.05, 3.63) is 0 Å². The van der Waals surface area contributed by atoms with Crippen molar-refractivity contribution in [3.63, 3.8) is 0 Å². The summed E-state index contributed by atoms with van der Waals surface area (Å²) in [5.41, 5.74) is -0.310. The summed E-state index contributed by atoms with van der Waals surface area (Å²) in [6.07, 6.45) is 0.890. The molecule has 2 heteroatoms. The molecule has 1 N–H and O–H groups in total. The van der Waals surface area contributed by atoms with Crippen LogP contribution in [-0.2, 0) is 4.79 Å². The minimum absolute atomic E-state index is 0.135. The molecule has 0 bridgehead atoms. The molecule has 0 aromatic carbocycles. The molecule has 1 atom stereocenters. The molecule has 0 heterocycles. The summed E-state index contributed by atoms with van der Waals surface area (Å²) in [5.74, 6) is -0.968. The fourth-order valence-corrected chi connectivity index (χ4v) is 2.08. The lowest BCUT2D eigenvalue weighted by molar-refractivity contribution is -0.151. The monoisotopic (exact) mass is 186 g/mol. The molecule has 0 spiro atoms. The second kappa shape index (κ2) is 3.69. The lowest BCUT2D eigenvalue weighted by Gasteiger charge is -2.39. The van der Waals surface area contributed by atoms with Gasteiger partial charge in [-0.2, -0.15) is 0 Å². The number of hydrogen-bond acceptors (Lipinski definition) is 1. The molecule has 0 aromatic rings. The number of carboxylic acids is 1. The van der Waals surface area contributed by atoms with Gasteiger partial charge in [-0.3, -0.25) is 4.79 Å². The molecule has 78 valence electrons. The second-order valence-corrected chi connectivity index (χ2v) is 5.48. The zero-order valence-electron chi connectivity index (χ0n) is 9.64. The molecule has 0 aliphatic carbocycles. The maximum atomic E-state index is 11.2. The Bertz CT molecular complexity index is 187. The zero-order chi connectivity index (χ0) is 10.9. The number of hydrogen-bond donors (Lipinski definition) is 1. The van der Waals surface area contributed by atoms with Crippen LogP contribution in [0.1, 0.15) is 48.0 Å². The molecule has 0 aliphatic rings.